The molecule has 0 aliphatic carbocycles. The molecule has 1 fully saturated rings. The van der Waals surface area contributed by atoms with E-state index in [0.717, 1.165) is 12.8 Å². The summed E-state index contributed by atoms with van der Waals surface area (Å²) in [5.41, 5.74) is 0. The molecule has 0 bridgehead atoms. The molecule has 1 rings (SSSR count). The summed E-state index contributed by atoms with van der Waals surface area (Å²) in [5, 5.41) is 0. The zero-order valence-corrected chi connectivity index (χ0v) is 10.6. The molecule has 1 heterocycles. The van der Waals surface area contributed by atoms with Crippen molar-refractivity contribution in [3.63, 3.8) is 0 Å². The molecule has 0 spiro atoms. The van der Waals surface area contributed by atoms with Gasteiger partial charge in [0.05, 0.1) is 19.6 Å². The Balaban J connectivity index is 2.57. The van der Waals surface area contributed by atoms with E-state index < -0.39 is 29.9 Å². The number of esters is 3. The molecule has 0 saturated carbocycles. The van der Waals surface area contributed by atoms with Gasteiger partial charge >= 0.3 is 17.9 Å². The van der Waals surface area contributed by atoms with Crippen molar-refractivity contribution in [1.82, 2.24) is 0 Å². The van der Waals surface area contributed by atoms with E-state index in [-0.39, 0.29) is 19.6 Å². The molecule has 0 aromatic heterocycles. The Morgan fingerprint density at radius 1 is 1.28 bits per heavy atom. The number of cyclic esters (lactones) is 1. The molecule has 6 nitrogen and oxygen atoms in total. The molecule has 0 aromatic carbocycles. The molecule has 0 aromatic rings. The van der Waals surface area contributed by atoms with Gasteiger partial charge in [-0.2, -0.15) is 0 Å². The Hall–Kier alpha value is -1.59. The summed E-state index contributed by atoms with van der Waals surface area (Å²) in [6.07, 6.45) is 0.329. The van der Waals surface area contributed by atoms with E-state index in [4.69, 9.17) is 14.2 Å². The molecule has 1 aliphatic rings. The molecule has 2 atom stereocenters. The first-order chi connectivity index (χ1) is 8.60. The van der Waals surface area contributed by atoms with Crippen LogP contribution in [-0.2, 0) is 28.6 Å². The highest BCUT2D eigenvalue weighted by Gasteiger charge is 2.46. The lowest BCUT2D eigenvalue weighted by atomic mass is 10.0. The predicted octanol–water partition coefficient (Wildman–Crippen LogP) is 0.825. The molecular formula is C12H18O6. The minimum atomic E-state index is -1.16. The Morgan fingerprint density at radius 2 is 2.00 bits per heavy atom. The van der Waals surface area contributed by atoms with Gasteiger partial charge in [0.2, 0.25) is 6.10 Å². The van der Waals surface area contributed by atoms with Crippen LogP contribution in [0.1, 0.15) is 33.1 Å². The van der Waals surface area contributed by atoms with Crippen molar-refractivity contribution in [2.45, 2.75) is 39.2 Å². The molecule has 102 valence electrons. The predicted molar refractivity (Wildman–Crippen MR) is 60.5 cm³/mol. The van der Waals surface area contributed by atoms with Crippen LogP contribution >= 0.6 is 0 Å². The van der Waals surface area contributed by atoms with E-state index in [1.807, 2.05) is 6.92 Å². The second kappa shape index (κ2) is 6.98. The third kappa shape index (κ3) is 3.72. The highest BCUT2D eigenvalue weighted by Crippen LogP contribution is 2.24. The van der Waals surface area contributed by atoms with Gasteiger partial charge in [-0.3, -0.25) is 9.59 Å². The van der Waals surface area contributed by atoms with Crippen LogP contribution in [0.25, 0.3) is 0 Å². The van der Waals surface area contributed by atoms with E-state index in [0.29, 0.717) is 0 Å². The first-order valence-corrected chi connectivity index (χ1v) is 6.12. The van der Waals surface area contributed by atoms with Crippen molar-refractivity contribution >= 4 is 17.9 Å². The van der Waals surface area contributed by atoms with Gasteiger partial charge in [-0.1, -0.05) is 13.3 Å². The van der Waals surface area contributed by atoms with Gasteiger partial charge in [-0.25, -0.2) is 4.79 Å². The first-order valence-electron chi connectivity index (χ1n) is 6.12. The average Bonchev–Trinajstić information content (AvgIpc) is 2.72. The molecule has 0 amide bonds. The van der Waals surface area contributed by atoms with Gasteiger partial charge in [-0.05, 0) is 13.3 Å². The smallest absolute Gasteiger partial charge is 0.348 e. The van der Waals surface area contributed by atoms with Crippen LogP contribution in [0.2, 0.25) is 0 Å². The van der Waals surface area contributed by atoms with Gasteiger partial charge in [0.15, 0.2) is 0 Å². The number of ether oxygens (including phenoxy) is 3. The average molecular weight is 258 g/mol. The van der Waals surface area contributed by atoms with Crippen molar-refractivity contribution in [3.05, 3.63) is 0 Å². The third-order valence-corrected chi connectivity index (χ3v) is 2.57. The van der Waals surface area contributed by atoms with Crippen LogP contribution in [0.3, 0.4) is 0 Å². The van der Waals surface area contributed by atoms with E-state index >= 15 is 0 Å². The van der Waals surface area contributed by atoms with Crippen LogP contribution in [0.5, 0.6) is 0 Å². The lowest BCUT2D eigenvalue weighted by Crippen LogP contribution is -2.34. The summed E-state index contributed by atoms with van der Waals surface area (Å²) in [5.74, 6) is -2.73. The van der Waals surface area contributed by atoms with E-state index in [9.17, 15) is 14.4 Å². The Morgan fingerprint density at radius 3 is 2.61 bits per heavy atom. The SMILES string of the molecule is CCCCOC(=O)[C@@H]1OC(=O)C[C@@H]1C(=O)OCC. The molecule has 1 saturated heterocycles. The third-order valence-electron chi connectivity index (χ3n) is 2.57. The second-order valence-electron chi connectivity index (χ2n) is 3.99. The maximum atomic E-state index is 11.7. The summed E-state index contributed by atoms with van der Waals surface area (Å²) >= 11 is 0. The van der Waals surface area contributed by atoms with Crippen molar-refractivity contribution in [2.24, 2.45) is 5.92 Å². The molecule has 0 radical (unpaired) electrons. The number of hydrogen-bond acceptors (Lipinski definition) is 6. The largest absolute Gasteiger partial charge is 0.466 e. The molecule has 1 aliphatic heterocycles. The summed E-state index contributed by atoms with van der Waals surface area (Å²) in [6.45, 7) is 4.08. The lowest BCUT2D eigenvalue weighted by molar-refractivity contribution is -0.167. The quantitative estimate of drug-likeness (QED) is 0.399. The standard InChI is InChI=1S/C12H18O6/c1-3-5-6-17-12(15)10-8(7-9(13)18-10)11(14)16-4-2/h8,10H,3-7H2,1-2H3/t8-,10+/m0/s1. The summed E-state index contributed by atoms with van der Waals surface area (Å²) in [7, 11) is 0. The summed E-state index contributed by atoms with van der Waals surface area (Å²) in [4.78, 5) is 34.4. The summed E-state index contributed by atoms with van der Waals surface area (Å²) < 4.78 is 14.6. The van der Waals surface area contributed by atoms with Crippen LogP contribution in [0, 0.1) is 5.92 Å². The van der Waals surface area contributed by atoms with E-state index in [1.54, 1.807) is 6.92 Å². The maximum Gasteiger partial charge on any atom is 0.348 e. The highest BCUT2D eigenvalue weighted by atomic mass is 16.6. The number of rotatable bonds is 6. The normalized spacial score (nSPS) is 22.4. The second-order valence-corrected chi connectivity index (χ2v) is 3.99. The zero-order chi connectivity index (χ0) is 13.5. The minimum absolute atomic E-state index is 0.133. The Kier molecular flexibility index (Phi) is 5.61. The lowest BCUT2D eigenvalue weighted by Gasteiger charge is -2.15. The van der Waals surface area contributed by atoms with Crippen molar-refractivity contribution < 1.29 is 28.6 Å². The van der Waals surface area contributed by atoms with Crippen LogP contribution in [0.4, 0.5) is 0 Å². The zero-order valence-electron chi connectivity index (χ0n) is 10.6. The number of carbonyl (C=O) groups is 3. The minimum Gasteiger partial charge on any atom is -0.466 e. The van der Waals surface area contributed by atoms with Gasteiger partial charge in [0, 0.05) is 0 Å². The number of hydrogen-bond donors (Lipinski definition) is 0. The van der Waals surface area contributed by atoms with E-state index in [2.05, 4.69) is 0 Å². The van der Waals surface area contributed by atoms with Crippen molar-refractivity contribution in [2.75, 3.05) is 13.2 Å². The molecule has 0 N–H and O–H groups in total. The molecular weight excluding hydrogens is 240 g/mol. The fraction of sp³-hybridized carbons (Fsp3) is 0.750. The number of carbonyl (C=O) groups excluding carboxylic acids is 3. The summed E-state index contributed by atoms with van der Waals surface area (Å²) in [6, 6.07) is 0. The maximum absolute atomic E-state index is 11.7. The molecule has 0 unspecified atom stereocenters. The van der Waals surface area contributed by atoms with Crippen LogP contribution in [0.15, 0.2) is 0 Å². The highest BCUT2D eigenvalue weighted by molar-refractivity contribution is 5.92. The monoisotopic (exact) mass is 258 g/mol. The van der Waals surface area contributed by atoms with Gasteiger partial charge < -0.3 is 14.2 Å². The first kappa shape index (κ1) is 14.5. The van der Waals surface area contributed by atoms with Gasteiger partial charge in [0.25, 0.3) is 0 Å². The topological polar surface area (TPSA) is 78.9 Å². The molecule has 18 heavy (non-hydrogen) atoms. The van der Waals surface area contributed by atoms with Crippen LogP contribution in [-0.4, -0.2) is 37.2 Å². The number of unbranched alkanes of at least 4 members (excludes halogenated alkanes) is 1. The van der Waals surface area contributed by atoms with Gasteiger partial charge in [-0.15, -0.1) is 0 Å². The van der Waals surface area contributed by atoms with Gasteiger partial charge in [0.1, 0.15) is 5.92 Å². The van der Waals surface area contributed by atoms with Crippen molar-refractivity contribution in [3.8, 4) is 0 Å². The van der Waals surface area contributed by atoms with E-state index in [1.165, 1.54) is 0 Å². The molecule has 6 heteroatoms. The fourth-order valence-electron chi connectivity index (χ4n) is 1.63. The van der Waals surface area contributed by atoms with Crippen LogP contribution < -0.4 is 0 Å². The fourth-order valence-corrected chi connectivity index (χ4v) is 1.63. The Bertz CT molecular complexity index is 325. The Labute approximate surface area is 106 Å². The van der Waals surface area contributed by atoms with Crippen molar-refractivity contribution in [1.29, 1.82) is 0 Å².